The van der Waals surface area contributed by atoms with Crippen LogP contribution in [0.15, 0.2) is 18.2 Å². The molecule has 0 saturated heterocycles. The van der Waals surface area contributed by atoms with Gasteiger partial charge >= 0.3 is 0 Å². The van der Waals surface area contributed by atoms with Crippen LogP contribution in [0.2, 0.25) is 5.02 Å². The summed E-state index contributed by atoms with van der Waals surface area (Å²) < 4.78 is 31.8. The SMILES string of the molecule is COc1cc(Cl)ccc1C1(CN)CC1(F)F. The van der Waals surface area contributed by atoms with Gasteiger partial charge in [0.1, 0.15) is 5.75 Å². The summed E-state index contributed by atoms with van der Waals surface area (Å²) in [6.07, 6.45) is -0.228. The van der Waals surface area contributed by atoms with E-state index in [-0.39, 0.29) is 13.0 Å². The van der Waals surface area contributed by atoms with Gasteiger partial charge < -0.3 is 10.5 Å². The number of benzene rings is 1. The second-order valence-electron chi connectivity index (χ2n) is 4.01. The first-order valence-corrected chi connectivity index (χ1v) is 5.26. The van der Waals surface area contributed by atoms with Crippen molar-refractivity contribution in [1.82, 2.24) is 0 Å². The standard InChI is InChI=1S/C11H12ClF2NO/c1-16-9-4-7(12)2-3-8(9)10(6-15)5-11(10,13)14/h2-4H,5-6,15H2,1H3. The monoisotopic (exact) mass is 247 g/mol. The van der Waals surface area contributed by atoms with E-state index < -0.39 is 11.3 Å². The molecule has 2 nitrogen and oxygen atoms in total. The van der Waals surface area contributed by atoms with Gasteiger partial charge in [-0.25, -0.2) is 8.78 Å². The van der Waals surface area contributed by atoms with Crippen molar-refractivity contribution in [3.05, 3.63) is 28.8 Å². The number of rotatable bonds is 3. The first kappa shape index (κ1) is 11.6. The molecule has 1 aromatic carbocycles. The molecule has 1 atom stereocenters. The van der Waals surface area contributed by atoms with Crippen molar-refractivity contribution in [1.29, 1.82) is 0 Å². The zero-order valence-electron chi connectivity index (χ0n) is 8.77. The Morgan fingerprint density at radius 1 is 1.50 bits per heavy atom. The normalized spacial score (nSPS) is 26.6. The van der Waals surface area contributed by atoms with Crippen molar-refractivity contribution in [2.24, 2.45) is 5.73 Å². The molecule has 1 aliphatic rings. The lowest BCUT2D eigenvalue weighted by molar-refractivity contribution is 0.0889. The number of ether oxygens (including phenoxy) is 1. The highest BCUT2D eigenvalue weighted by Crippen LogP contribution is 2.62. The van der Waals surface area contributed by atoms with Crippen LogP contribution >= 0.6 is 11.6 Å². The Kier molecular flexibility index (Phi) is 2.59. The molecule has 1 aliphatic carbocycles. The largest absolute Gasteiger partial charge is 0.496 e. The Bertz CT molecular complexity index is 424. The summed E-state index contributed by atoms with van der Waals surface area (Å²) >= 11 is 5.78. The van der Waals surface area contributed by atoms with Crippen LogP contribution in [0.5, 0.6) is 5.75 Å². The van der Waals surface area contributed by atoms with Crippen molar-refractivity contribution in [2.45, 2.75) is 17.8 Å². The minimum absolute atomic E-state index is 0.0992. The Balaban J connectivity index is 2.48. The van der Waals surface area contributed by atoms with Gasteiger partial charge in [0.05, 0.1) is 12.5 Å². The highest BCUT2D eigenvalue weighted by molar-refractivity contribution is 6.30. The fourth-order valence-electron chi connectivity index (χ4n) is 2.02. The van der Waals surface area contributed by atoms with Crippen LogP contribution in [0.4, 0.5) is 8.78 Å². The maximum absolute atomic E-state index is 13.4. The van der Waals surface area contributed by atoms with E-state index in [0.29, 0.717) is 16.3 Å². The summed E-state index contributed by atoms with van der Waals surface area (Å²) in [6, 6.07) is 4.67. The van der Waals surface area contributed by atoms with Crippen LogP contribution in [-0.2, 0) is 5.41 Å². The molecule has 1 unspecified atom stereocenters. The molecule has 5 heteroatoms. The van der Waals surface area contributed by atoms with E-state index >= 15 is 0 Å². The maximum atomic E-state index is 13.4. The maximum Gasteiger partial charge on any atom is 0.260 e. The van der Waals surface area contributed by atoms with Crippen molar-refractivity contribution in [3.8, 4) is 5.75 Å². The second-order valence-corrected chi connectivity index (χ2v) is 4.45. The number of halogens is 3. The van der Waals surface area contributed by atoms with Crippen LogP contribution in [0.3, 0.4) is 0 Å². The summed E-state index contributed by atoms with van der Waals surface area (Å²) in [6.45, 7) is -0.0992. The molecular weight excluding hydrogens is 236 g/mol. The minimum Gasteiger partial charge on any atom is -0.496 e. The number of hydrogen-bond donors (Lipinski definition) is 1. The van der Waals surface area contributed by atoms with Gasteiger partial charge in [-0.1, -0.05) is 17.7 Å². The molecule has 0 heterocycles. The van der Waals surface area contributed by atoms with E-state index in [1.807, 2.05) is 0 Å². The molecule has 0 aromatic heterocycles. The molecule has 0 spiro atoms. The highest BCUT2D eigenvalue weighted by Gasteiger charge is 2.71. The van der Waals surface area contributed by atoms with E-state index in [4.69, 9.17) is 22.1 Å². The molecule has 1 fully saturated rings. The number of methoxy groups -OCH3 is 1. The predicted octanol–water partition coefficient (Wildman–Crippen LogP) is 2.58. The first-order chi connectivity index (χ1) is 7.47. The average Bonchev–Trinajstić information content (AvgIpc) is 2.82. The lowest BCUT2D eigenvalue weighted by atomic mass is 9.94. The molecular formula is C11H12ClF2NO. The summed E-state index contributed by atoms with van der Waals surface area (Å²) in [5, 5.41) is 0.455. The zero-order valence-corrected chi connectivity index (χ0v) is 9.52. The van der Waals surface area contributed by atoms with E-state index in [9.17, 15) is 8.78 Å². The van der Waals surface area contributed by atoms with Gasteiger partial charge in [-0.15, -0.1) is 0 Å². The number of alkyl halides is 2. The molecule has 88 valence electrons. The molecule has 0 amide bonds. The number of hydrogen-bond acceptors (Lipinski definition) is 2. The Labute approximate surface area is 97.3 Å². The van der Waals surface area contributed by atoms with E-state index in [0.717, 1.165) is 0 Å². The van der Waals surface area contributed by atoms with Gasteiger partial charge in [0.15, 0.2) is 0 Å². The van der Waals surface area contributed by atoms with Crippen molar-refractivity contribution in [3.63, 3.8) is 0 Å². The Hall–Kier alpha value is -0.870. The second kappa shape index (κ2) is 3.57. The predicted molar refractivity (Wildman–Crippen MR) is 58.3 cm³/mol. The molecule has 1 saturated carbocycles. The summed E-state index contributed by atoms with van der Waals surface area (Å²) in [7, 11) is 1.43. The highest BCUT2D eigenvalue weighted by atomic mass is 35.5. The van der Waals surface area contributed by atoms with Gasteiger partial charge in [-0.2, -0.15) is 0 Å². The Morgan fingerprint density at radius 3 is 2.56 bits per heavy atom. The van der Waals surface area contributed by atoms with Crippen LogP contribution < -0.4 is 10.5 Å². The van der Waals surface area contributed by atoms with Crippen LogP contribution in [0.1, 0.15) is 12.0 Å². The topological polar surface area (TPSA) is 35.2 Å². The van der Waals surface area contributed by atoms with Gasteiger partial charge in [-0.3, -0.25) is 0 Å². The Morgan fingerprint density at radius 2 is 2.12 bits per heavy atom. The van der Waals surface area contributed by atoms with Crippen LogP contribution in [-0.4, -0.2) is 19.6 Å². The lowest BCUT2D eigenvalue weighted by Crippen LogP contribution is -2.27. The smallest absolute Gasteiger partial charge is 0.260 e. The summed E-state index contributed by atoms with van der Waals surface area (Å²) in [5.74, 6) is -2.38. The summed E-state index contributed by atoms with van der Waals surface area (Å²) in [4.78, 5) is 0. The third kappa shape index (κ3) is 1.48. The van der Waals surface area contributed by atoms with E-state index in [1.54, 1.807) is 12.1 Å². The lowest BCUT2D eigenvalue weighted by Gasteiger charge is -2.18. The summed E-state index contributed by atoms with van der Waals surface area (Å²) in [5.41, 5.74) is 4.63. The number of nitrogens with two attached hydrogens (primary N) is 1. The van der Waals surface area contributed by atoms with E-state index in [2.05, 4.69) is 0 Å². The third-order valence-electron chi connectivity index (χ3n) is 3.13. The molecule has 16 heavy (non-hydrogen) atoms. The van der Waals surface area contributed by atoms with Crippen molar-refractivity contribution >= 4 is 11.6 Å². The van der Waals surface area contributed by atoms with Gasteiger partial charge in [-0.05, 0) is 12.1 Å². The molecule has 1 aromatic rings. The quantitative estimate of drug-likeness (QED) is 0.891. The fourth-order valence-corrected chi connectivity index (χ4v) is 2.18. The average molecular weight is 248 g/mol. The van der Waals surface area contributed by atoms with Crippen molar-refractivity contribution in [2.75, 3.05) is 13.7 Å². The van der Waals surface area contributed by atoms with Crippen LogP contribution in [0, 0.1) is 0 Å². The minimum atomic E-state index is -2.75. The molecule has 0 bridgehead atoms. The molecule has 0 aliphatic heterocycles. The first-order valence-electron chi connectivity index (χ1n) is 4.89. The molecule has 0 radical (unpaired) electrons. The molecule has 2 rings (SSSR count). The van der Waals surface area contributed by atoms with Crippen molar-refractivity contribution < 1.29 is 13.5 Å². The van der Waals surface area contributed by atoms with Gasteiger partial charge in [0, 0.05) is 23.6 Å². The zero-order chi connectivity index (χ0) is 12.0. The van der Waals surface area contributed by atoms with Crippen LogP contribution in [0.25, 0.3) is 0 Å². The third-order valence-corrected chi connectivity index (χ3v) is 3.36. The van der Waals surface area contributed by atoms with Gasteiger partial charge in [0.25, 0.3) is 5.92 Å². The van der Waals surface area contributed by atoms with Gasteiger partial charge in [0.2, 0.25) is 0 Å². The molecule has 2 N–H and O–H groups in total. The van der Waals surface area contributed by atoms with E-state index in [1.165, 1.54) is 13.2 Å². The fraction of sp³-hybridized carbons (Fsp3) is 0.455.